The highest BCUT2D eigenvalue weighted by Crippen LogP contribution is 1.71. The van der Waals surface area contributed by atoms with E-state index in [1.165, 1.54) is 0 Å². The summed E-state index contributed by atoms with van der Waals surface area (Å²) in [4.78, 5) is 0. The van der Waals surface area contributed by atoms with E-state index >= 15 is 0 Å². The van der Waals surface area contributed by atoms with Gasteiger partial charge in [-0.1, -0.05) is 44.2 Å². The summed E-state index contributed by atoms with van der Waals surface area (Å²) in [6.45, 7) is 13.2. The Bertz CT molecular complexity index is 76.2. The van der Waals surface area contributed by atoms with Crippen LogP contribution in [0.5, 0.6) is 0 Å². The van der Waals surface area contributed by atoms with Crippen molar-refractivity contribution in [2.24, 2.45) is 0 Å². The van der Waals surface area contributed by atoms with Gasteiger partial charge in [0, 0.05) is 0 Å². The van der Waals surface area contributed by atoms with Crippen LogP contribution in [0.4, 0.5) is 0 Å². The van der Waals surface area contributed by atoms with Crippen LogP contribution in [0.3, 0.4) is 0 Å². The summed E-state index contributed by atoms with van der Waals surface area (Å²) in [6.07, 6.45) is 9.75. The van der Waals surface area contributed by atoms with Gasteiger partial charge in [-0.25, -0.2) is 0 Å². The topological polar surface area (TPSA) is 0 Å². The van der Waals surface area contributed by atoms with Gasteiger partial charge in [0.25, 0.3) is 0 Å². The van der Waals surface area contributed by atoms with Crippen LogP contribution in [0, 0.1) is 0 Å². The molecule has 0 saturated heterocycles. The summed E-state index contributed by atoms with van der Waals surface area (Å²) >= 11 is 0. The molecular weight excluding hydrogens is 132 g/mol. The highest BCUT2D eigenvalue weighted by molar-refractivity contribution is 4.98. The van der Waals surface area contributed by atoms with E-state index in [2.05, 4.69) is 6.58 Å². The molecule has 0 nitrogen and oxygen atoms in total. The summed E-state index contributed by atoms with van der Waals surface area (Å²) in [5, 5.41) is 0. The normalized spacial score (nSPS) is 8.09. The van der Waals surface area contributed by atoms with Crippen LogP contribution in [0.2, 0.25) is 0 Å². The first kappa shape index (κ1) is 16.7. The average Bonchev–Trinajstić information content (AvgIpc) is 2.06. The second-order valence-electron chi connectivity index (χ2n) is 1.46. The van der Waals surface area contributed by atoms with E-state index in [0.29, 0.717) is 0 Å². The van der Waals surface area contributed by atoms with Gasteiger partial charge < -0.3 is 0 Å². The van der Waals surface area contributed by atoms with Gasteiger partial charge >= 0.3 is 0 Å². The van der Waals surface area contributed by atoms with Gasteiger partial charge in [-0.3, -0.25) is 0 Å². The molecule has 0 fully saturated rings. The minimum atomic E-state index is 1.75. The second kappa shape index (κ2) is 35.0. The fraction of sp³-hybridized carbons (Fsp3) is 0.455. The molecule has 0 aliphatic carbocycles. The lowest BCUT2D eigenvalue weighted by atomic mass is 10.5. The fourth-order valence-electron chi connectivity index (χ4n) is 0.222. The molecule has 0 radical (unpaired) electrons. The SMILES string of the molecule is C/C=C/C=C/C.C=CC.CC. The van der Waals surface area contributed by atoms with Crippen LogP contribution < -0.4 is 0 Å². The van der Waals surface area contributed by atoms with Gasteiger partial charge in [-0.15, -0.1) is 6.58 Å². The molecule has 66 valence electrons. The summed E-state index contributed by atoms with van der Waals surface area (Å²) in [7, 11) is 0. The lowest BCUT2D eigenvalue weighted by Crippen LogP contribution is -1.40. The number of hydrogen-bond acceptors (Lipinski definition) is 0. The van der Waals surface area contributed by atoms with Gasteiger partial charge in [0.05, 0.1) is 0 Å². The average molecular weight is 154 g/mol. The van der Waals surface area contributed by atoms with Crippen molar-refractivity contribution >= 4 is 0 Å². The summed E-state index contributed by atoms with van der Waals surface area (Å²) < 4.78 is 0. The Morgan fingerprint density at radius 2 is 1.00 bits per heavy atom. The van der Waals surface area contributed by atoms with Crippen molar-refractivity contribution in [1.29, 1.82) is 0 Å². The standard InChI is InChI=1S/C6H10.C3H6.C2H6/c1-3-5-6-4-2;1-3-2;1-2/h3-6H,1-2H3;3H,1H2,2H3;1-2H3/b5-3+,6-4+;;. The Kier molecular flexibility index (Phi) is 53.0. The van der Waals surface area contributed by atoms with Gasteiger partial charge in [0.2, 0.25) is 0 Å². The number of hydrogen-bond donors (Lipinski definition) is 0. The monoisotopic (exact) mass is 154 g/mol. The van der Waals surface area contributed by atoms with E-state index in [1.807, 2.05) is 58.9 Å². The molecule has 0 aromatic heterocycles. The van der Waals surface area contributed by atoms with E-state index in [4.69, 9.17) is 0 Å². The molecule has 0 aromatic rings. The lowest BCUT2D eigenvalue weighted by molar-refractivity contribution is 1.50. The van der Waals surface area contributed by atoms with Gasteiger partial charge in [0.15, 0.2) is 0 Å². The van der Waals surface area contributed by atoms with Gasteiger partial charge in [-0.2, -0.15) is 0 Å². The first-order valence-electron chi connectivity index (χ1n) is 4.14. The zero-order chi connectivity index (χ0) is 9.54. The molecule has 0 spiro atoms. The largest absolute Gasteiger partial charge is 0.103 e. The van der Waals surface area contributed by atoms with Crippen molar-refractivity contribution in [3.63, 3.8) is 0 Å². The molecule has 0 heteroatoms. The van der Waals surface area contributed by atoms with E-state index in [1.54, 1.807) is 6.08 Å². The second-order valence-corrected chi connectivity index (χ2v) is 1.46. The lowest BCUT2D eigenvalue weighted by Gasteiger charge is -1.62. The Hall–Kier alpha value is -0.780. The zero-order valence-corrected chi connectivity index (χ0v) is 8.59. The third-order valence-electron chi connectivity index (χ3n) is 0.496. The molecule has 0 N–H and O–H groups in total. The molecule has 0 amide bonds. The molecule has 0 aliphatic rings. The van der Waals surface area contributed by atoms with Crippen LogP contribution in [0.1, 0.15) is 34.6 Å². The van der Waals surface area contributed by atoms with Crippen LogP contribution >= 0.6 is 0 Å². The van der Waals surface area contributed by atoms with Crippen molar-refractivity contribution in [3.8, 4) is 0 Å². The van der Waals surface area contributed by atoms with Crippen molar-refractivity contribution in [2.75, 3.05) is 0 Å². The molecule has 0 atom stereocenters. The predicted molar refractivity (Wildman–Crippen MR) is 56.8 cm³/mol. The predicted octanol–water partition coefficient (Wildman–Crippen LogP) is 4.36. The first-order chi connectivity index (χ1) is 5.33. The first-order valence-corrected chi connectivity index (χ1v) is 4.14. The Morgan fingerprint density at radius 3 is 1.09 bits per heavy atom. The molecule has 0 heterocycles. The summed E-state index contributed by atoms with van der Waals surface area (Å²) in [6, 6.07) is 0. The zero-order valence-electron chi connectivity index (χ0n) is 8.59. The van der Waals surface area contributed by atoms with Crippen LogP contribution in [0.25, 0.3) is 0 Å². The maximum absolute atomic E-state index is 3.36. The van der Waals surface area contributed by atoms with Crippen molar-refractivity contribution in [2.45, 2.75) is 34.6 Å². The Labute approximate surface area is 72.3 Å². The highest BCUT2D eigenvalue weighted by atomic mass is 13.6. The highest BCUT2D eigenvalue weighted by Gasteiger charge is 1.48. The Morgan fingerprint density at radius 1 is 0.818 bits per heavy atom. The quantitative estimate of drug-likeness (QED) is 0.389. The molecule has 0 saturated carbocycles. The summed E-state index contributed by atoms with van der Waals surface area (Å²) in [5.41, 5.74) is 0. The summed E-state index contributed by atoms with van der Waals surface area (Å²) in [5.74, 6) is 0. The molecule has 0 rings (SSSR count). The third kappa shape index (κ3) is 97.5. The maximum atomic E-state index is 3.36. The van der Waals surface area contributed by atoms with E-state index in [0.717, 1.165) is 0 Å². The minimum Gasteiger partial charge on any atom is -0.103 e. The van der Waals surface area contributed by atoms with Crippen molar-refractivity contribution in [3.05, 3.63) is 37.0 Å². The molecule has 0 bridgehead atoms. The van der Waals surface area contributed by atoms with Crippen molar-refractivity contribution in [1.82, 2.24) is 0 Å². The van der Waals surface area contributed by atoms with Crippen LogP contribution in [0.15, 0.2) is 37.0 Å². The van der Waals surface area contributed by atoms with Gasteiger partial charge in [0.1, 0.15) is 0 Å². The number of rotatable bonds is 1. The number of allylic oxidation sites excluding steroid dienone is 5. The smallest absolute Gasteiger partial charge is 0.0467 e. The molecule has 11 heavy (non-hydrogen) atoms. The maximum Gasteiger partial charge on any atom is -0.0467 e. The van der Waals surface area contributed by atoms with Crippen molar-refractivity contribution < 1.29 is 0 Å². The van der Waals surface area contributed by atoms with Crippen LogP contribution in [-0.2, 0) is 0 Å². The fourth-order valence-corrected chi connectivity index (χ4v) is 0.222. The van der Waals surface area contributed by atoms with E-state index in [-0.39, 0.29) is 0 Å². The minimum absolute atomic E-state index is 1.75. The molecule has 0 aliphatic heterocycles. The Balaban J connectivity index is -0.000000109. The molecule has 0 aromatic carbocycles. The third-order valence-corrected chi connectivity index (χ3v) is 0.496. The van der Waals surface area contributed by atoms with E-state index < -0.39 is 0 Å². The van der Waals surface area contributed by atoms with E-state index in [9.17, 15) is 0 Å². The van der Waals surface area contributed by atoms with Gasteiger partial charge in [-0.05, 0) is 20.8 Å². The molecule has 0 unspecified atom stereocenters. The molecular formula is C11H22. The van der Waals surface area contributed by atoms with Crippen LogP contribution in [-0.4, -0.2) is 0 Å².